The highest BCUT2D eigenvalue weighted by Gasteiger charge is 2.41. The van der Waals surface area contributed by atoms with Crippen molar-refractivity contribution < 1.29 is 14.4 Å². The maximum Gasteiger partial charge on any atom is 0.273 e. The maximum absolute atomic E-state index is 11.8. The fourth-order valence-electron chi connectivity index (χ4n) is 6.50. The molecule has 0 radical (unpaired) electrons. The summed E-state index contributed by atoms with van der Waals surface area (Å²) in [7, 11) is 0. The lowest BCUT2D eigenvalue weighted by Gasteiger charge is -2.30. The number of H-pyrrole nitrogens is 4. The number of hydrogen-bond acceptors (Lipinski definition) is 4. The van der Waals surface area contributed by atoms with Crippen molar-refractivity contribution in [1.82, 2.24) is 19.9 Å². The summed E-state index contributed by atoms with van der Waals surface area (Å²) in [5, 5.41) is 11.8. The van der Waals surface area contributed by atoms with Gasteiger partial charge < -0.3 is 29.4 Å². The predicted molar refractivity (Wildman–Crippen MR) is 164 cm³/mol. The summed E-state index contributed by atoms with van der Waals surface area (Å²) in [5.41, 5.74) is 6.14. The van der Waals surface area contributed by atoms with Gasteiger partial charge in [0.1, 0.15) is 13.2 Å². The Kier molecular flexibility index (Phi) is 5.64. The van der Waals surface area contributed by atoms with E-state index in [0.717, 1.165) is 45.6 Å². The minimum atomic E-state index is -0.665. The van der Waals surface area contributed by atoms with Crippen LogP contribution in [0.4, 0.5) is 5.69 Å². The van der Waals surface area contributed by atoms with Crippen LogP contribution in [0.5, 0.6) is 11.5 Å². The minimum Gasteiger partial charge on any atom is -0.488 e. The third-order valence-electron chi connectivity index (χ3n) is 9.99. The summed E-state index contributed by atoms with van der Waals surface area (Å²) in [5.74, 6) is 0.772. The second kappa shape index (κ2) is 8.92. The number of aromatic amines is 4. The quantitative estimate of drug-likeness (QED) is 0.127. The Labute approximate surface area is 250 Å². The normalized spacial score (nSPS) is 23.6. The Morgan fingerprint density at radius 1 is 0.558 bits per heavy atom. The van der Waals surface area contributed by atoms with Crippen molar-refractivity contribution >= 4 is 5.69 Å². The molecule has 10 bridgehead atoms. The van der Waals surface area contributed by atoms with Crippen LogP contribution >= 0.6 is 0 Å². The molecule has 0 saturated carbocycles. The number of ether oxygens (including phenoxy) is 2. The molecule has 0 unspecified atom stereocenters. The van der Waals surface area contributed by atoms with Gasteiger partial charge in [-0.2, -0.15) is 0 Å². The van der Waals surface area contributed by atoms with Crippen LogP contribution in [-0.4, -0.2) is 38.1 Å². The largest absolute Gasteiger partial charge is 0.488 e. The average molecular weight is 580 g/mol. The third kappa shape index (κ3) is 3.97. The number of nitrogens with zero attached hydrogens (tertiary/aromatic N) is 1. The number of benzene rings is 1. The number of aromatic nitrogens is 4. The van der Waals surface area contributed by atoms with Crippen LogP contribution in [0.15, 0.2) is 66.7 Å². The number of nitro benzene ring substituents is 1. The molecule has 2 aliphatic rings. The first-order chi connectivity index (χ1) is 20.3. The van der Waals surface area contributed by atoms with Gasteiger partial charge in [0.2, 0.25) is 0 Å². The highest BCUT2D eigenvalue weighted by atomic mass is 16.6. The molecule has 0 spiro atoms. The van der Waals surface area contributed by atoms with E-state index in [-0.39, 0.29) is 29.7 Å². The molecule has 0 atom stereocenters. The zero-order chi connectivity index (χ0) is 30.4. The fourth-order valence-corrected chi connectivity index (χ4v) is 6.50. The highest BCUT2D eigenvalue weighted by Crippen LogP contribution is 2.43. The van der Waals surface area contributed by atoms with Crippen LogP contribution in [-0.2, 0) is 21.7 Å². The maximum atomic E-state index is 11.8. The van der Waals surface area contributed by atoms with E-state index in [1.165, 1.54) is 12.1 Å². The second-order valence-electron chi connectivity index (χ2n) is 13.5. The monoisotopic (exact) mass is 579 g/mol. The summed E-state index contributed by atoms with van der Waals surface area (Å²) in [6, 6.07) is 21.6. The van der Waals surface area contributed by atoms with Crippen LogP contribution in [0.25, 0.3) is 0 Å². The molecule has 43 heavy (non-hydrogen) atoms. The number of fused-ring (bicyclic) bond motifs is 16. The lowest BCUT2D eigenvalue weighted by atomic mass is 9.84. The molecule has 9 heteroatoms. The van der Waals surface area contributed by atoms with Crippen molar-refractivity contribution in [2.75, 3.05) is 13.2 Å². The molecule has 0 amide bonds. The van der Waals surface area contributed by atoms with Gasteiger partial charge in [-0.3, -0.25) is 10.1 Å². The molecular weight excluding hydrogens is 542 g/mol. The van der Waals surface area contributed by atoms with Crippen molar-refractivity contribution in [3.05, 3.63) is 122 Å². The molecule has 7 rings (SSSR count). The van der Waals surface area contributed by atoms with E-state index in [4.69, 9.17) is 9.47 Å². The molecular formula is C34H37N5O4. The van der Waals surface area contributed by atoms with Crippen molar-refractivity contribution in [3.63, 3.8) is 0 Å². The molecule has 0 saturated heterocycles. The fraction of sp³-hybridized carbons (Fsp3) is 0.353. The van der Waals surface area contributed by atoms with Gasteiger partial charge in [-0.25, -0.2) is 0 Å². The molecule has 4 N–H and O–H groups in total. The summed E-state index contributed by atoms with van der Waals surface area (Å²) >= 11 is 0. The van der Waals surface area contributed by atoms with Gasteiger partial charge in [0.25, 0.3) is 5.69 Å². The summed E-state index contributed by atoms with van der Waals surface area (Å²) in [4.78, 5) is 26.4. The first kappa shape index (κ1) is 27.2. The molecule has 222 valence electrons. The number of nitro groups is 1. The van der Waals surface area contributed by atoms with Gasteiger partial charge in [0.05, 0.1) is 21.8 Å². The predicted octanol–water partition coefficient (Wildman–Crippen LogP) is 6.96. The van der Waals surface area contributed by atoms with E-state index >= 15 is 0 Å². The van der Waals surface area contributed by atoms with Crippen molar-refractivity contribution in [1.29, 1.82) is 0 Å². The summed E-state index contributed by atoms with van der Waals surface area (Å²) < 4.78 is 13.1. The smallest absolute Gasteiger partial charge is 0.273 e. The Bertz CT molecular complexity index is 1770. The molecule has 5 aromatic rings. The van der Waals surface area contributed by atoms with Crippen molar-refractivity contribution in [2.24, 2.45) is 0 Å². The summed E-state index contributed by atoms with van der Waals surface area (Å²) in [6.07, 6.45) is 0. The Hall–Kier alpha value is -4.66. The lowest BCUT2D eigenvalue weighted by molar-refractivity contribution is -0.385. The van der Waals surface area contributed by atoms with Crippen LogP contribution < -0.4 is 9.47 Å². The van der Waals surface area contributed by atoms with Gasteiger partial charge in [-0.15, -0.1) is 0 Å². The molecule has 4 aromatic heterocycles. The van der Waals surface area contributed by atoms with E-state index in [1.807, 2.05) is 0 Å². The van der Waals surface area contributed by atoms with Gasteiger partial charge in [-0.1, -0.05) is 0 Å². The number of rotatable bonds is 1. The first-order valence-electron chi connectivity index (χ1n) is 14.7. The van der Waals surface area contributed by atoms with Crippen LogP contribution in [0, 0.1) is 10.1 Å². The van der Waals surface area contributed by atoms with Crippen molar-refractivity contribution in [3.8, 4) is 11.5 Å². The number of non-ortho nitro benzene ring substituents is 1. The Morgan fingerprint density at radius 3 is 1.28 bits per heavy atom. The van der Waals surface area contributed by atoms with E-state index < -0.39 is 15.8 Å². The van der Waals surface area contributed by atoms with Gasteiger partial charge in [-0.05, 0) is 96.1 Å². The highest BCUT2D eigenvalue weighted by molar-refractivity contribution is 5.50. The number of hydrogen-bond donors (Lipinski definition) is 4. The number of nitrogens with one attached hydrogen (secondary N) is 4. The standard InChI is InChI=1S/C34H37N5O4/c1-31(2)23-9-13-27(35-23)33(5)18-42-21-8-7-20(39(40)41)17-22(21)43-19-34(6,29-15-11-25(31)37-29)30-16-12-26(38-30)32(3,4)24-10-14-28(33)36-24/h7-17,35-38H,18-19H2,1-6H3. The molecule has 6 heterocycles. The SMILES string of the molecule is CC1(C)c2ccc([nH]2)C2(C)COc3ccc([N+](=O)[O-])cc3OCC(C)(c3ccc1[nH]3)c1ccc([nH]1)C(C)(C)c1ccc2[nH]1. The lowest BCUT2D eigenvalue weighted by Crippen LogP contribution is -2.33. The summed E-state index contributed by atoms with van der Waals surface area (Å²) in [6.45, 7) is 13.6. The van der Waals surface area contributed by atoms with Gasteiger partial charge >= 0.3 is 0 Å². The van der Waals surface area contributed by atoms with Gasteiger partial charge in [0.15, 0.2) is 11.5 Å². The zero-order valence-corrected chi connectivity index (χ0v) is 25.3. The molecule has 1 aromatic carbocycles. The van der Waals surface area contributed by atoms with E-state index in [1.54, 1.807) is 6.07 Å². The van der Waals surface area contributed by atoms with Crippen LogP contribution in [0.1, 0.15) is 87.1 Å². The third-order valence-corrected chi connectivity index (χ3v) is 9.99. The molecule has 0 aliphatic carbocycles. The Balaban J connectivity index is 1.55. The Morgan fingerprint density at radius 2 is 0.907 bits per heavy atom. The van der Waals surface area contributed by atoms with E-state index in [0.29, 0.717) is 11.5 Å². The van der Waals surface area contributed by atoms with E-state index in [9.17, 15) is 10.1 Å². The first-order valence-corrected chi connectivity index (χ1v) is 14.7. The molecule has 0 fully saturated rings. The minimum absolute atomic E-state index is 0.0570. The van der Waals surface area contributed by atoms with Crippen LogP contribution in [0.3, 0.4) is 0 Å². The second-order valence-corrected chi connectivity index (χ2v) is 13.5. The van der Waals surface area contributed by atoms with E-state index in [2.05, 4.69) is 110 Å². The van der Waals surface area contributed by atoms with Crippen LogP contribution in [0.2, 0.25) is 0 Å². The molecule has 9 nitrogen and oxygen atoms in total. The average Bonchev–Trinajstić information content (AvgIpc) is 3.80. The topological polar surface area (TPSA) is 125 Å². The molecule has 2 aliphatic heterocycles. The van der Waals surface area contributed by atoms with Crippen molar-refractivity contribution in [2.45, 2.75) is 63.2 Å². The van der Waals surface area contributed by atoms with Gasteiger partial charge in [0, 0.05) is 62.4 Å². The zero-order valence-electron chi connectivity index (χ0n) is 25.3.